The number of hydrogen-bond acceptors (Lipinski definition) is 5. The average molecular weight is 384 g/mol. The van der Waals surface area contributed by atoms with Gasteiger partial charge in [-0.3, -0.25) is 14.5 Å². The smallest absolute Gasteiger partial charge is 0.244 e. The number of amides is 2. The van der Waals surface area contributed by atoms with E-state index in [0.29, 0.717) is 25.5 Å². The molecule has 28 heavy (non-hydrogen) atoms. The number of hydrogen-bond donors (Lipinski definition) is 1. The fraction of sp³-hybridized carbons (Fsp3) is 0.500. The summed E-state index contributed by atoms with van der Waals surface area (Å²) in [5.41, 5.74) is 1.24. The van der Waals surface area contributed by atoms with Gasteiger partial charge in [-0.25, -0.2) is 9.67 Å². The van der Waals surface area contributed by atoms with E-state index in [2.05, 4.69) is 32.4 Å². The van der Waals surface area contributed by atoms with Crippen molar-refractivity contribution in [2.24, 2.45) is 0 Å². The number of benzene rings is 1. The van der Waals surface area contributed by atoms with Crippen LogP contribution < -0.4 is 5.32 Å². The average Bonchev–Trinajstić information content (AvgIpc) is 3.03. The predicted molar refractivity (Wildman–Crippen MR) is 106 cm³/mol. The molecule has 0 spiro atoms. The van der Waals surface area contributed by atoms with Crippen molar-refractivity contribution in [2.75, 3.05) is 33.2 Å². The van der Waals surface area contributed by atoms with Crippen LogP contribution in [0.3, 0.4) is 0 Å². The molecule has 8 nitrogen and oxygen atoms in total. The summed E-state index contributed by atoms with van der Waals surface area (Å²) in [5, 5.41) is 7.00. The zero-order chi connectivity index (χ0) is 20.1. The second-order valence-electron chi connectivity index (χ2n) is 7.11. The molecular weight excluding hydrogens is 356 g/mol. The molecule has 0 aliphatic carbocycles. The number of likely N-dealkylation sites (N-methyl/N-ethyl adjacent to an activating group) is 1. The Morgan fingerprint density at radius 2 is 1.93 bits per heavy atom. The van der Waals surface area contributed by atoms with Crippen LogP contribution in [0.5, 0.6) is 0 Å². The Kier molecular flexibility index (Phi) is 6.41. The molecule has 0 saturated carbocycles. The van der Waals surface area contributed by atoms with Gasteiger partial charge in [0, 0.05) is 33.2 Å². The summed E-state index contributed by atoms with van der Waals surface area (Å²) in [7, 11) is 1.64. The minimum absolute atomic E-state index is 0.0374. The molecule has 1 aromatic heterocycles. The van der Waals surface area contributed by atoms with Gasteiger partial charge in [0.1, 0.15) is 24.2 Å². The van der Waals surface area contributed by atoms with Gasteiger partial charge in [0.2, 0.25) is 11.8 Å². The van der Waals surface area contributed by atoms with E-state index >= 15 is 0 Å². The molecule has 0 radical (unpaired) electrons. The number of aryl methyl sites for hydroxylation is 2. The standard InChI is InChI=1S/C20H28N6O2/c1-15-22-16(2)26(23-15)14-19(27)25-12-11-24(18(13-25)20(28)21-3)10-9-17-7-5-4-6-8-17/h4-8,18H,9-14H2,1-3H3,(H,21,28)/t18-/m1/s1. The summed E-state index contributed by atoms with van der Waals surface area (Å²) in [6, 6.07) is 9.89. The number of nitrogens with one attached hydrogen (secondary N) is 1. The fourth-order valence-corrected chi connectivity index (χ4v) is 3.59. The van der Waals surface area contributed by atoms with E-state index < -0.39 is 0 Å². The minimum atomic E-state index is -0.343. The number of piperazine rings is 1. The summed E-state index contributed by atoms with van der Waals surface area (Å²) in [6.45, 7) is 6.24. The van der Waals surface area contributed by atoms with Gasteiger partial charge in [-0.15, -0.1) is 0 Å². The predicted octanol–water partition coefficient (Wildman–Crippen LogP) is 0.396. The van der Waals surface area contributed by atoms with Gasteiger partial charge in [-0.1, -0.05) is 30.3 Å². The van der Waals surface area contributed by atoms with E-state index in [0.717, 1.165) is 18.8 Å². The third kappa shape index (κ3) is 4.75. The van der Waals surface area contributed by atoms with Gasteiger partial charge < -0.3 is 10.2 Å². The normalized spacial score (nSPS) is 17.5. The maximum Gasteiger partial charge on any atom is 0.244 e. The highest BCUT2D eigenvalue weighted by Gasteiger charge is 2.33. The summed E-state index contributed by atoms with van der Waals surface area (Å²) in [4.78, 5) is 33.4. The first kappa shape index (κ1) is 20.0. The van der Waals surface area contributed by atoms with E-state index in [9.17, 15) is 9.59 Å². The van der Waals surface area contributed by atoms with Crippen LogP contribution in [0.1, 0.15) is 17.2 Å². The molecule has 0 unspecified atom stereocenters. The van der Waals surface area contributed by atoms with Crippen LogP contribution in [0, 0.1) is 13.8 Å². The molecule has 1 atom stereocenters. The van der Waals surface area contributed by atoms with Gasteiger partial charge in [0.25, 0.3) is 0 Å². The molecular formula is C20H28N6O2. The number of aromatic nitrogens is 3. The molecule has 150 valence electrons. The molecule has 1 N–H and O–H groups in total. The molecule has 3 rings (SSSR count). The fourth-order valence-electron chi connectivity index (χ4n) is 3.59. The molecule has 1 aliphatic heterocycles. The van der Waals surface area contributed by atoms with Crippen molar-refractivity contribution in [1.29, 1.82) is 0 Å². The van der Waals surface area contributed by atoms with E-state index in [-0.39, 0.29) is 24.4 Å². The van der Waals surface area contributed by atoms with E-state index in [1.165, 1.54) is 5.56 Å². The van der Waals surface area contributed by atoms with Gasteiger partial charge in [-0.2, -0.15) is 5.10 Å². The third-order valence-electron chi connectivity index (χ3n) is 5.17. The molecule has 2 heterocycles. The Hall–Kier alpha value is -2.74. The molecule has 2 aromatic rings. The van der Waals surface area contributed by atoms with Crippen LogP contribution in [0.2, 0.25) is 0 Å². The van der Waals surface area contributed by atoms with Crippen LogP contribution in [0.15, 0.2) is 30.3 Å². The van der Waals surface area contributed by atoms with Crippen LogP contribution in [0.4, 0.5) is 0 Å². The first-order valence-electron chi connectivity index (χ1n) is 9.63. The van der Waals surface area contributed by atoms with Crippen molar-refractivity contribution in [3.8, 4) is 0 Å². The zero-order valence-electron chi connectivity index (χ0n) is 16.8. The monoisotopic (exact) mass is 384 g/mol. The maximum absolute atomic E-state index is 12.8. The van der Waals surface area contributed by atoms with Crippen molar-refractivity contribution in [3.63, 3.8) is 0 Å². The largest absolute Gasteiger partial charge is 0.358 e. The van der Waals surface area contributed by atoms with E-state index in [4.69, 9.17) is 0 Å². The Morgan fingerprint density at radius 3 is 2.57 bits per heavy atom. The van der Waals surface area contributed by atoms with Crippen LogP contribution in [0.25, 0.3) is 0 Å². The van der Waals surface area contributed by atoms with Crippen molar-refractivity contribution in [2.45, 2.75) is 32.9 Å². The van der Waals surface area contributed by atoms with Crippen LogP contribution >= 0.6 is 0 Å². The Balaban J connectivity index is 1.63. The first-order chi connectivity index (χ1) is 13.5. The highest BCUT2D eigenvalue weighted by atomic mass is 16.2. The van der Waals surface area contributed by atoms with Crippen molar-refractivity contribution < 1.29 is 9.59 Å². The molecule has 1 saturated heterocycles. The second kappa shape index (κ2) is 8.97. The zero-order valence-corrected chi connectivity index (χ0v) is 16.8. The van der Waals surface area contributed by atoms with Crippen molar-refractivity contribution in [3.05, 3.63) is 47.5 Å². The lowest BCUT2D eigenvalue weighted by Gasteiger charge is -2.40. The molecule has 1 aliphatic rings. The minimum Gasteiger partial charge on any atom is -0.358 e. The lowest BCUT2D eigenvalue weighted by molar-refractivity contribution is -0.138. The number of rotatable bonds is 6. The van der Waals surface area contributed by atoms with Gasteiger partial charge in [-0.05, 0) is 25.8 Å². The number of nitrogens with zero attached hydrogens (tertiary/aromatic N) is 5. The summed E-state index contributed by atoms with van der Waals surface area (Å²) in [5.74, 6) is 1.28. The molecule has 8 heteroatoms. The van der Waals surface area contributed by atoms with Crippen molar-refractivity contribution in [1.82, 2.24) is 29.9 Å². The quantitative estimate of drug-likeness (QED) is 0.779. The van der Waals surface area contributed by atoms with E-state index in [1.807, 2.05) is 25.1 Å². The maximum atomic E-state index is 12.8. The highest BCUT2D eigenvalue weighted by molar-refractivity contribution is 5.83. The molecule has 1 fully saturated rings. The summed E-state index contributed by atoms with van der Waals surface area (Å²) >= 11 is 0. The second-order valence-corrected chi connectivity index (χ2v) is 7.11. The van der Waals surface area contributed by atoms with Crippen LogP contribution in [-0.2, 0) is 22.6 Å². The third-order valence-corrected chi connectivity index (χ3v) is 5.17. The topological polar surface area (TPSA) is 83.4 Å². The Morgan fingerprint density at radius 1 is 1.18 bits per heavy atom. The van der Waals surface area contributed by atoms with Gasteiger partial charge >= 0.3 is 0 Å². The highest BCUT2D eigenvalue weighted by Crippen LogP contribution is 2.13. The lowest BCUT2D eigenvalue weighted by atomic mass is 10.1. The van der Waals surface area contributed by atoms with Gasteiger partial charge in [0.05, 0.1) is 0 Å². The summed E-state index contributed by atoms with van der Waals surface area (Å²) in [6.07, 6.45) is 0.875. The lowest BCUT2D eigenvalue weighted by Crippen LogP contribution is -2.60. The molecule has 0 bridgehead atoms. The summed E-state index contributed by atoms with van der Waals surface area (Å²) < 4.78 is 1.62. The van der Waals surface area contributed by atoms with Crippen molar-refractivity contribution >= 4 is 11.8 Å². The number of carbonyl (C=O) groups excluding carboxylic acids is 2. The number of carbonyl (C=O) groups is 2. The first-order valence-corrected chi connectivity index (χ1v) is 9.63. The SMILES string of the molecule is CNC(=O)[C@H]1CN(C(=O)Cn2nc(C)nc2C)CCN1CCc1ccccc1. The Labute approximate surface area is 165 Å². The van der Waals surface area contributed by atoms with Crippen LogP contribution in [-0.4, -0.2) is 75.6 Å². The molecule has 2 amide bonds. The van der Waals surface area contributed by atoms with Gasteiger partial charge in [0.15, 0.2) is 0 Å². The molecule has 1 aromatic carbocycles. The van der Waals surface area contributed by atoms with E-state index in [1.54, 1.807) is 23.6 Å². The Bertz CT molecular complexity index is 819.